The van der Waals surface area contributed by atoms with E-state index in [9.17, 15) is 4.79 Å². The number of hydrogen-bond donors (Lipinski definition) is 1. The molecule has 2 bridgehead atoms. The monoisotopic (exact) mass is 213 g/mol. The Kier molecular flexibility index (Phi) is 1.47. The second-order valence-electron chi connectivity index (χ2n) is 5.55. The third-order valence-corrected chi connectivity index (χ3v) is 4.91. The van der Waals surface area contributed by atoms with Crippen molar-refractivity contribution in [2.45, 2.75) is 31.1 Å². The predicted octanol–water partition coefficient (Wildman–Crippen LogP) is 2.70. The molecule has 2 nitrogen and oxygen atoms in total. The summed E-state index contributed by atoms with van der Waals surface area (Å²) in [5.41, 5.74) is 2.17. The molecular weight excluding hydrogens is 198 g/mol. The summed E-state index contributed by atoms with van der Waals surface area (Å²) in [4.78, 5) is 12.3. The van der Waals surface area contributed by atoms with Crippen LogP contribution in [0.15, 0.2) is 24.3 Å². The van der Waals surface area contributed by atoms with Crippen LogP contribution in [0.1, 0.15) is 31.2 Å². The molecule has 1 aromatic carbocycles. The number of benzene rings is 1. The molecule has 82 valence electrons. The van der Waals surface area contributed by atoms with E-state index in [1.165, 1.54) is 24.8 Å². The molecule has 2 saturated carbocycles. The molecule has 0 saturated heterocycles. The maximum absolute atomic E-state index is 12.3. The molecule has 0 radical (unpaired) electrons. The van der Waals surface area contributed by atoms with Crippen LogP contribution in [0.2, 0.25) is 0 Å². The molecule has 3 aliphatic rings. The fourth-order valence-electron chi connectivity index (χ4n) is 4.28. The van der Waals surface area contributed by atoms with Gasteiger partial charge in [0.25, 0.3) is 0 Å². The molecule has 0 aromatic heterocycles. The summed E-state index contributed by atoms with van der Waals surface area (Å²) in [5.74, 6) is 1.66. The van der Waals surface area contributed by atoms with E-state index in [1.54, 1.807) is 0 Å². The van der Waals surface area contributed by atoms with Gasteiger partial charge in [-0.25, -0.2) is 0 Å². The van der Waals surface area contributed by atoms with Crippen LogP contribution in [-0.4, -0.2) is 5.91 Å². The Hall–Kier alpha value is -1.31. The first-order chi connectivity index (χ1) is 7.80. The Morgan fingerprint density at radius 3 is 2.88 bits per heavy atom. The number of carbonyl (C=O) groups excluding carboxylic acids is 1. The van der Waals surface area contributed by atoms with Gasteiger partial charge < -0.3 is 5.32 Å². The van der Waals surface area contributed by atoms with Gasteiger partial charge in [-0.2, -0.15) is 0 Å². The smallest absolute Gasteiger partial charge is 0.235 e. The number of hydrogen-bond acceptors (Lipinski definition) is 1. The molecule has 2 heteroatoms. The Bertz CT molecular complexity index is 481. The molecule has 1 spiro atoms. The standard InChI is InChI=1S/C14H15NO/c16-13-14(8-9-5-6-10(14)7-9)11-3-1-2-4-12(11)15-13/h1-4,9-10H,5-8H2,(H,15,16). The van der Waals surface area contributed by atoms with Gasteiger partial charge in [0, 0.05) is 5.69 Å². The Morgan fingerprint density at radius 1 is 1.25 bits per heavy atom. The van der Waals surface area contributed by atoms with Gasteiger partial charge in [0.05, 0.1) is 5.41 Å². The number of fused-ring (bicyclic) bond motifs is 5. The number of nitrogens with one attached hydrogen (secondary N) is 1. The average molecular weight is 213 g/mol. The van der Waals surface area contributed by atoms with Crippen molar-refractivity contribution in [3.8, 4) is 0 Å². The van der Waals surface area contributed by atoms with Gasteiger partial charge in [0.1, 0.15) is 0 Å². The summed E-state index contributed by atoms with van der Waals surface area (Å²) in [6.07, 6.45) is 4.93. The zero-order chi connectivity index (χ0) is 10.8. The second kappa shape index (κ2) is 2.68. The van der Waals surface area contributed by atoms with Crippen molar-refractivity contribution in [2.24, 2.45) is 11.8 Å². The highest BCUT2D eigenvalue weighted by atomic mass is 16.2. The van der Waals surface area contributed by atoms with Gasteiger partial charge in [-0.15, -0.1) is 0 Å². The van der Waals surface area contributed by atoms with E-state index in [1.807, 2.05) is 12.1 Å². The summed E-state index contributed by atoms with van der Waals surface area (Å²) in [7, 11) is 0. The van der Waals surface area contributed by atoms with Crippen molar-refractivity contribution < 1.29 is 4.79 Å². The predicted molar refractivity (Wildman–Crippen MR) is 62.2 cm³/mol. The van der Waals surface area contributed by atoms with Gasteiger partial charge in [0.2, 0.25) is 5.91 Å². The van der Waals surface area contributed by atoms with Gasteiger partial charge in [-0.3, -0.25) is 4.79 Å². The number of anilines is 1. The minimum absolute atomic E-state index is 0.153. The van der Waals surface area contributed by atoms with Crippen molar-refractivity contribution in [1.82, 2.24) is 0 Å². The number of amides is 1. The molecule has 3 unspecified atom stereocenters. The van der Waals surface area contributed by atoms with Crippen molar-refractivity contribution in [3.05, 3.63) is 29.8 Å². The lowest BCUT2D eigenvalue weighted by Crippen LogP contribution is -2.39. The minimum Gasteiger partial charge on any atom is -0.325 e. The third-order valence-electron chi connectivity index (χ3n) is 4.91. The first kappa shape index (κ1) is 8.80. The van der Waals surface area contributed by atoms with Gasteiger partial charge in [0.15, 0.2) is 0 Å². The van der Waals surface area contributed by atoms with Crippen LogP contribution in [0.25, 0.3) is 0 Å². The summed E-state index contributed by atoms with van der Waals surface area (Å²) < 4.78 is 0. The van der Waals surface area contributed by atoms with E-state index < -0.39 is 0 Å². The number of para-hydroxylation sites is 1. The molecule has 1 amide bonds. The van der Waals surface area contributed by atoms with E-state index in [2.05, 4.69) is 17.4 Å². The van der Waals surface area contributed by atoms with Crippen LogP contribution in [0.3, 0.4) is 0 Å². The Labute approximate surface area is 95.0 Å². The van der Waals surface area contributed by atoms with Crippen molar-refractivity contribution in [3.63, 3.8) is 0 Å². The highest BCUT2D eigenvalue weighted by Gasteiger charge is 2.59. The maximum Gasteiger partial charge on any atom is 0.235 e. The van der Waals surface area contributed by atoms with Crippen LogP contribution >= 0.6 is 0 Å². The number of rotatable bonds is 0. The van der Waals surface area contributed by atoms with Gasteiger partial charge in [-0.05, 0) is 42.7 Å². The van der Waals surface area contributed by atoms with E-state index in [0.717, 1.165) is 18.0 Å². The van der Waals surface area contributed by atoms with Crippen LogP contribution < -0.4 is 5.32 Å². The van der Waals surface area contributed by atoms with E-state index >= 15 is 0 Å². The quantitative estimate of drug-likeness (QED) is 0.705. The Morgan fingerprint density at radius 2 is 2.12 bits per heavy atom. The lowest BCUT2D eigenvalue weighted by atomic mass is 9.69. The molecule has 3 atom stereocenters. The molecule has 2 aliphatic carbocycles. The van der Waals surface area contributed by atoms with E-state index in [-0.39, 0.29) is 11.3 Å². The SMILES string of the molecule is O=C1Nc2ccccc2C12CC1CCC2C1. The van der Waals surface area contributed by atoms with Gasteiger partial charge >= 0.3 is 0 Å². The first-order valence-electron chi connectivity index (χ1n) is 6.21. The molecule has 4 rings (SSSR count). The summed E-state index contributed by atoms with van der Waals surface area (Å²) in [5, 5.41) is 3.08. The second-order valence-corrected chi connectivity index (χ2v) is 5.55. The van der Waals surface area contributed by atoms with Crippen LogP contribution in [-0.2, 0) is 10.2 Å². The maximum atomic E-state index is 12.3. The summed E-state index contributed by atoms with van der Waals surface area (Å²) in [6.45, 7) is 0. The highest BCUT2D eigenvalue weighted by Crippen LogP contribution is 2.60. The Balaban J connectivity index is 1.93. The zero-order valence-corrected chi connectivity index (χ0v) is 9.20. The summed E-state index contributed by atoms with van der Waals surface area (Å²) in [6, 6.07) is 8.25. The fourth-order valence-corrected chi connectivity index (χ4v) is 4.28. The molecular formula is C14H15NO. The van der Waals surface area contributed by atoms with Gasteiger partial charge in [-0.1, -0.05) is 24.6 Å². The molecule has 1 N–H and O–H groups in total. The van der Waals surface area contributed by atoms with Crippen molar-refractivity contribution in [2.75, 3.05) is 5.32 Å². The first-order valence-corrected chi connectivity index (χ1v) is 6.21. The third kappa shape index (κ3) is 0.831. The zero-order valence-electron chi connectivity index (χ0n) is 9.20. The topological polar surface area (TPSA) is 29.1 Å². The molecule has 16 heavy (non-hydrogen) atoms. The van der Waals surface area contributed by atoms with Crippen LogP contribution in [0, 0.1) is 11.8 Å². The minimum atomic E-state index is -0.153. The fraction of sp³-hybridized carbons (Fsp3) is 0.500. The molecule has 1 aromatic rings. The normalized spacial score (nSPS) is 39.1. The van der Waals surface area contributed by atoms with E-state index in [0.29, 0.717) is 5.92 Å². The average Bonchev–Trinajstić information content (AvgIpc) is 2.95. The highest BCUT2D eigenvalue weighted by molar-refractivity contribution is 6.06. The lowest BCUT2D eigenvalue weighted by Gasteiger charge is -2.31. The molecule has 1 aliphatic heterocycles. The van der Waals surface area contributed by atoms with Crippen LogP contribution in [0.4, 0.5) is 5.69 Å². The van der Waals surface area contributed by atoms with E-state index in [4.69, 9.17) is 0 Å². The van der Waals surface area contributed by atoms with Crippen LogP contribution in [0.5, 0.6) is 0 Å². The van der Waals surface area contributed by atoms with Crippen molar-refractivity contribution >= 4 is 11.6 Å². The summed E-state index contributed by atoms with van der Waals surface area (Å²) >= 11 is 0. The molecule has 2 fully saturated rings. The lowest BCUT2D eigenvalue weighted by molar-refractivity contribution is -0.122. The number of carbonyl (C=O) groups is 1. The molecule has 1 heterocycles. The largest absolute Gasteiger partial charge is 0.325 e. The van der Waals surface area contributed by atoms with Crippen molar-refractivity contribution in [1.29, 1.82) is 0 Å².